The van der Waals surface area contributed by atoms with Crippen LogP contribution in [0.3, 0.4) is 0 Å². The number of hydrogen-bond acceptors (Lipinski definition) is 3. The lowest BCUT2D eigenvalue weighted by Gasteiger charge is -2.04. The summed E-state index contributed by atoms with van der Waals surface area (Å²) < 4.78 is 18.8. The Hall–Kier alpha value is -1.39. The molecule has 0 fully saturated rings. The number of halogens is 2. The van der Waals surface area contributed by atoms with E-state index in [1.165, 1.54) is 30.6 Å². The van der Waals surface area contributed by atoms with Gasteiger partial charge in [-0.05, 0) is 29.8 Å². The van der Waals surface area contributed by atoms with E-state index in [0.29, 0.717) is 14.8 Å². The van der Waals surface area contributed by atoms with Crippen molar-refractivity contribution in [1.82, 2.24) is 0 Å². The van der Waals surface area contributed by atoms with Gasteiger partial charge in [-0.15, -0.1) is 11.3 Å². The van der Waals surface area contributed by atoms with Crippen LogP contribution < -0.4 is 4.74 Å². The Morgan fingerprint density at radius 2 is 2.17 bits per heavy atom. The molecule has 2 aromatic rings. The van der Waals surface area contributed by atoms with Crippen molar-refractivity contribution >= 4 is 28.7 Å². The molecule has 0 unspecified atom stereocenters. The molecule has 0 saturated heterocycles. The van der Waals surface area contributed by atoms with Gasteiger partial charge >= 0.3 is 0 Å². The lowest BCUT2D eigenvalue weighted by molar-refractivity contribution is 0.0997. The van der Waals surface area contributed by atoms with Gasteiger partial charge in [-0.2, -0.15) is 0 Å². The highest BCUT2D eigenvalue weighted by atomic mass is 35.5. The number of methoxy groups -OCH3 is 1. The van der Waals surface area contributed by atoms with Crippen LogP contribution in [0.1, 0.15) is 15.2 Å². The summed E-state index contributed by atoms with van der Waals surface area (Å²) in [6, 6.07) is 7.85. The molecule has 0 aliphatic heterocycles. The molecule has 0 bridgehead atoms. The van der Waals surface area contributed by atoms with Crippen molar-refractivity contribution in [3.05, 3.63) is 50.9 Å². The van der Waals surface area contributed by atoms with E-state index >= 15 is 0 Å². The number of carbonyl (C=O) groups excluding carboxylic acids is 1. The third-order valence-corrected chi connectivity index (χ3v) is 3.70. The average molecular weight is 285 g/mol. The molecule has 18 heavy (non-hydrogen) atoms. The number of rotatable bonds is 4. The molecule has 2 nitrogen and oxygen atoms in total. The summed E-state index contributed by atoms with van der Waals surface area (Å²) >= 11 is 6.99. The number of ketones is 1. The van der Waals surface area contributed by atoms with Crippen LogP contribution in [0, 0.1) is 5.82 Å². The third-order valence-electron chi connectivity index (χ3n) is 2.43. The number of ether oxygens (including phenoxy) is 1. The molecule has 1 aromatic heterocycles. The number of hydrogen-bond donors (Lipinski definition) is 0. The lowest BCUT2D eigenvalue weighted by Crippen LogP contribution is -2.01. The Morgan fingerprint density at radius 1 is 1.39 bits per heavy atom. The van der Waals surface area contributed by atoms with Crippen LogP contribution in [0.4, 0.5) is 4.39 Å². The van der Waals surface area contributed by atoms with Gasteiger partial charge in [0.15, 0.2) is 17.3 Å². The van der Waals surface area contributed by atoms with E-state index in [9.17, 15) is 9.18 Å². The van der Waals surface area contributed by atoms with Gasteiger partial charge in [0.1, 0.15) is 0 Å². The summed E-state index contributed by atoms with van der Waals surface area (Å²) in [6.45, 7) is 0. The van der Waals surface area contributed by atoms with Crippen molar-refractivity contribution in [3.63, 3.8) is 0 Å². The zero-order valence-corrected chi connectivity index (χ0v) is 11.1. The molecule has 0 saturated carbocycles. The van der Waals surface area contributed by atoms with Crippen molar-refractivity contribution in [1.29, 1.82) is 0 Å². The molecule has 1 aromatic carbocycles. The largest absolute Gasteiger partial charge is 0.494 e. The maximum Gasteiger partial charge on any atom is 0.177 e. The van der Waals surface area contributed by atoms with E-state index in [0.717, 1.165) is 0 Å². The van der Waals surface area contributed by atoms with Gasteiger partial charge in [-0.3, -0.25) is 4.79 Å². The zero-order chi connectivity index (χ0) is 13.1. The molecule has 5 heteroatoms. The van der Waals surface area contributed by atoms with Crippen molar-refractivity contribution in [2.45, 2.75) is 6.42 Å². The molecule has 0 radical (unpaired) electrons. The number of thiophene rings is 1. The Labute approximate surface area is 113 Å². The molecule has 0 aliphatic rings. The van der Waals surface area contributed by atoms with Crippen LogP contribution in [0.5, 0.6) is 5.75 Å². The normalized spacial score (nSPS) is 10.4. The highest BCUT2D eigenvalue weighted by Gasteiger charge is 2.11. The molecule has 2 rings (SSSR count). The maximum absolute atomic E-state index is 13.5. The van der Waals surface area contributed by atoms with Crippen LogP contribution in [-0.4, -0.2) is 12.9 Å². The van der Waals surface area contributed by atoms with Crippen LogP contribution in [0.25, 0.3) is 0 Å². The van der Waals surface area contributed by atoms with E-state index in [-0.39, 0.29) is 18.0 Å². The number of carbonyl (C=O) groups is 1. The summed E-state index contributed by atoms with van der Waals surface area (Å²) in [5.41, 5.74) is 0.614. The lowest BCUT2D eigenvalue weighted by atomic mass is 10.1. The molecule has 0 N–H and O–H groups in total. The van der Waals surface area contributed by atoms with Crippen molar-refractivity contribution in [2.24, 2.45) is 0 Å². The second-order valence-electron chi connectivity index (χ2n) is 3.67. The fourth-order valence-corrected chi connectivity index (χ4v) is 2.54. The van der Waals surface area contributed by atoms with Crippen molar-refractivity contribution in [2.75, 3.05) is 7.11 Å². The number of benzene rings is 1. The van der Waals surface area contributed by atoms with Crippen LogP contribution >= 0.6 is 22.9 Å². The van der Waals surface area contributed by atoms with Gasteiger partial charge in [0, 0.05) is 6.42 Å². The highest BCUT2D eigenvalue weighted by Crippen LogP contribution is 2.24. The second-order valence-corrected chi connectivity index (χ2v) is 5.39. The zero-order valence-electron chi connectivity index (χ0n) is 9.57. The van der Waals surface area contributed by atoms with Gasteiger partial charge in [0.25, 0.3) is 0 Å². The van der Waals surface area contributed by atoms with Crippen LogP contribution in [-0.2, 0) is 6.42 Å². The minimum absolute atomic E-state index is 0.0727. The molecule has 0 spiro atoms. The standard InChI is InChI=1S/C13H10ClFO2S/c1-17-11-3-2-8(6-9(11)15)7-10(16)12-4-5-13(14)18-12/h2-6H,7H2,1H3. The summed E-state index contributed by atoms with van der Waals surface area (Å²) in [7, 11) is 1.40. The maximum atomic E-state index is 13.5. The SMILES string of the molecule is COc1ccc(CC(=O)c2ccc(Cl)s2)cc1F. The Balaban J connectivity index is 2.14. The summed E-state index contributed by atoms with van der Waals surface area (Å²) in [4.78, 5) is 12.5. The third kappa shape index (κ3) is 2.89. The van der Waals surface area contributed by atoms with Gasteiger partial charge in [0.2, 0.25) is 0 Å². The first kappa shape index (κ1) is 13.1. The Kier molecular flexibility index (Phi) is 3.99. The quantitative estimate of drug-likeness (QED) is 0.794. The minimum atomic E-state index is -0.466. The van der Waals surface area contributed by atoms with Crippen molar-refractivity contribution < 1.29 is 13.9 Å². The monoisotopic (exact) mass is 284 g/mol. The fourth-order valence-electron chi connectivity index (χ4n) is 1.56. The molecule has 0 aliphatic carbocycles. The Bertz CT molecular complexity index is 580. The molecular weight excluding hydrogens is 275 g/mol. The Morgan fingerprint density at radius 3 is 2.72 bits per heavy atom. The molecule has 0 atom stereocenters. The van der Waals surface area contributed by atoms with E-state index in [1.54, 1.807) is 18.2 Å². The van der Waals surface area contributed by atoms with Crippen LogP contribution in [0.15, 0.2) is 30.3 Å². The number of Topliss-reactive ketones (excluding diaryl/α,β-unsaturated/α-hetero) is 1. The predicted octanol–water partition coefficient (Wildman–Crippen LogP) is 3.97. The first-order chi connectivity index (χ1) is 8.60. The summed E-state index contributed by atoms with van der Waals surface area (Å²) in [5, 5.41) is 0. The molecule has 94 valence electrons. The first-order valence-corrected chi connectivity index (χ1v) is 6.40. The van der Waals surface area contributed by atoms with E-state index in [2.05, 4.69) is 0 Å². The van der Waals surface area contributed by atoms with E-state index in [4.69, 9.17) is 16.3 Å². The van der Waals surface area contributed by atoms with Gasteiger partial charge < -0.3 is 4.74 Å². The topological polar surface area (TPSA) is 26.3 Å². The molecular formula is C13H10ClFO2S. The fraction of sp³-hybridized carbons (Fsp3) is 0.154. The predicted molar refractivity (Wildman–Crippen MR) is 70.3 cm³/mol. The van der Waals surface area contributed by atoms with Gasteiger partial charge in [-0.1, -0.05) is 17.7 Å². The van der Waals surface area contributed by atoms with Gasteiger partial charge in [-0.25, -0.2) is 4.39 Å². The van der Waals surface area contributed by atoms with Crippen molar-refractivity contribution in [3.8, 4) is 5.75 Å². The highest BCUT2D eigenvalue weighted by molar-refractivity contribution is 7.18. The summed E-state index contributed by atoms with van der Waals surface area (Å²) in [5.74, 6) is -0.367. The van der Waals surface area contributed by atoms with Crippen LogP contribution in [0.2, 0.25) is 4.34 Å². The summed E-state index contributed by atoms with van der Waals surface area (Å²) in [6.07, 6.45) is 0.151. The van der Waals surface area contributed by atoms with Gasteiger partial charge in [0.05, 0.1) is 16.3 Å². The minimum Gasteiger partial charge on any atom is -0.494 e. The molecule has 1 heterocycles. The average Bonchev–Trinajstić information content (AvgIpc) is 2.76. The second kappa shape index (κ2) is 5.50. The molecule has 0 amide bonds. The van der Waals surface area contributed by atoms with E-state index < -0.39 is 5.82 Å². The smallest absolute Gasteiger partial charge is 0.177 e. The van der Waals surface area contributed by atoms with E-state index in [1.807, 2.05) is 0 Å². The first-order valence-electron chi connectivity index (χ1n) is 5.21.